The van der Waals surface area contributed by atoms with E-state index in [1.54, 1.807) is 14.2 Å². The predicted molar refractivity (Wildman–Crippen MR) is 87.2 cm³/mol. The molecule has 0 unspecified atom stereocenters. The molecule has 0 aliphatic carbocycles. The van der Waals surface area contributed by atoms with Crippen LogP contribution in [0.5, 0.6) is 11.5 Å². The van der Waals surface area contributed by atoms with Gasteiger partial charge in [0.15, 0.2) is 6.20 Å². The summed E-state index contributed by atoms with van der Waals surface area (Å²) in [6.07, 6.45) is 2.90. The van der Waals surface area contributed by atoms with E-state index in [1.807, 2.05) is 48.5 Å². The molecule has 23 heavy (non-hydrogen) atoms. The molecule has 0 N–H and O–H groups in total. The molecule has 3 rings (SSSR count). The molecule has 1 aromatic heterocycles. The van der Waals surface area contributed by atoms with Crippen LogP contribution in [-0.4, -0.2) is 19.2 Å². The monoisotopic (exact) mass is 308 g/mol. The first-order chi connectivity index (χ1) is 11.2. The number of methoxy groups -OCH3 is 2. The largest absolute Gasteiger partial charge is 0.618 e. The molecule has 1 heterocycles. The lowest BCUT2D eigenvalue weighted by atomic mass is 10.0. The molecule has 116 valence electrons. The van der Waals surface area contributed by atoms with Gasteiger partial charge < -0.3 is 14.7 Å². The molecular formula is C18H16N2O3. The lowest BCUT2D eigenvalue weighted by Gasteiger charge is -2.10. The molecule has 0 amide bonds. The summed E-state index contributed by atoms with van der Waals surface area (Å²) in [6.45, 7) is 0. The Labute approximate surface area is 134 Å². The number of nitrogens with zero attached hydrogens (tertiary/aromatic N) is 2. The molecule has 0 spiro atoms. The molecule has 0 saturated heterocycles. The normalized spacial score (nSPS) is 10.3. The van der Waals surface area contributed by atoms with Crippen molar-refractivity contribution in [1.82, 2.24) is 4.98 Å². The second kappa shape index (κ2) is 6.36. The SMILES string of the molecule is COc1ccc(-c2ncc[n+]([O-])c2-c2ccc(OC)cc2)cc1. The highest BCUT2D eigenvalue weighted by Gasteiger charge is 2.18. The molecule has 3 aromatic rings. The van der Waals surface area contributed by atoms with Crippen LogP contribution in [0, 0.1) is 5.21 Å². The van der Waals surface area contributed by atoms with Gasteiger partial charge in [0.25, 0.3) is 0 Å². The first-order valence-electron chi connectivity index (χ1n) is 7.10. The summed E-state index contributed by atoms with van der Waals surface area (Å²) in [7, 11) is 3.22. The minimum Gasteiger partial charge on any atom is -0.618 e. The highest BCUT2D eigenvalue weighted by Crippen LogP contribution is 2.29. The van der Waals surface area contributed by atoms with Gasteiger partial charge in [0.05, 0.1) is 26.0 Å². The Bertz CT molecular complexity index is 800. The van der Waals surface area contributed by atoms with Crippen LogP contribution in [-0.2, 0) is 0 Å². The average Bonchev–Trinajstić information content (AvgIpc) is 2.62. The van der Waals surface area contributed by atoms with Crippen LogP contribution in [0.3, 0.4) is 0 Å². The molecule has 5 nitrogen and oxygen atoms in total. The van der Waals surface area contributed by atoms with Gasteiger partial charge in [0.2, 0.25) is 5.69 Å². The molecule has 0 radical (unpaired) electrons. The third-order valence-electron chi connectivity index (χ3n) is 3.58. The van der Waals surface area contributed by atoms with Crippen LogP contribution in [0.4, 0.5) is 0 Å². The van der Waals surface area contributed by atoms with Gasteiger partial charge >= 0.3 is 0 Å². The molecule has 0 saturated carbocycles. The van der Waals surface area contributed by atoms with Gasteiger partial charge in [0.1, 0.15) is 17.2 Å². The standard InChI is InChI=1S/C18H16N2O3/c1-22-15-7-3-13(4-8-15)17-18(20(21)12-11-19-17)14-5-9-16(23-2)10-6-14/h3-12H,1-2H3. The van der Waals surface area contributed by atoms with Crippen molar-refractivity contribution < 1.29 is 14.2 Å². The maximum Gasteiger partial charge on any atom is 0.250 e. The van der Waals surface area contributed by atoms with Crippen molar-refractivity contribution in [3.63, 3.8) is 0 Å². The number of ether oxygens (including phenoxy) is 2. The highest BCUT2D eigenvalue weighted by atomic mass is 16.5. The fraction of sp³-hybridized carbons (Fsp3) is 0.111. The Hall–Kier alpha value is -3.08. The quantitative estimate of drug-likeness (QED) is 0.549. The number of rotatable bonds is 4. The number of aromatic nitrogens is 2. The van der Waals surface area contributed by atoms with Crippen molar-refractivity contribution in [2.75, 3.05) is 14.2 Å². The summed E-state index contributed by atoms with van der Waals surface area (Å²) in [5.41, 5.74) is 2.75. The Kier molecular flexibility index (Phi) is 4.10. The van der Waals surface area contributed by atoms with Gasteiger partial charge in [-0.3, -0.25) is 0 Å². The van der Waals surface area contributed by atoms with Gasteiger partial charge in [-0.25, -0.2) is 4.98 Å². The Morgan fingerprint density at radius 1 is 0.826 bits per heavy atom. The van der Waals surface area contributed by atoms with E-state index in [4.69, 9.17) is 9.47 Å². The van der Waals surface area contributed by atoms with Gasteiger partial charge in [-0.05, 0) is 48.5 Å². The molecule has 0 aliphatic heterocycles. The predicted octanol–water partition coefficient (Wildman–Crippen LogP) is 3.07. The molecular weight excluding hydrogens is 292 g/mol. The summed E-state index contributed by atoms with van der Waals surface area (Å²) in [4.78, 5) is 4.39. The summed E-state index contributed by atoms with van der Waals surface area (Å²) >= 11 is 0. The Morgan fingerprint density at radius 3 is 1.87 bits per heavy atom. The molecule has 0 fully saturated rings. The molecule has 5 heteroatoms. The summed E-state index contributed by atoms with van der Waals surface area (Å²) in [5.74, 6) is 1.49. The molecule has 2 aromatic carbocycles. The second-order valence-electron chi connectivity index (χ2n) is 4.91. The average molecular weight is 308 g/mol. The van der Waals surface area contributed by atoms with Crippen molar-refractivity contribution >= 4 is 0 Å². The maximum atomic E-state index is 12.3. The summed E-state index contributed by atoms with van der Waals surface area (Å²) in [5, 5.41) is 12.3. The van der Waals surface area contributed by atoms with Crippen LogP contribution < -0.4 is 14.2 Å². The van der Waals surface area contributed by atoms with Crippen LogP contribution in [0.2, 0.25) is 0 Å². The second-order valence-corrected chi connectivity index (χ2v) is 4.91. The fourth-order valence-electron chi connectivity index (χ4n) is 2.38. The van der Waals surface area contributed by atoms with Gasteiger partial charge in [-0.1, -0.05) is 0 Å². The minimum atomic E-state index is 0.500. The first-order valence-corrected chi connectivity index (χ1v) is 7.10. The first kappa shape index (κ1) is 14.8. The van der Waals surface area contributed by atoms with E-state index in [9.17, 15) is 5.21 Å². The molecule has 0 atom stereocenters. The van der Waals surface area contributed by atoms with Crippen molar-refractivity contribution in [3.8, 4) is 34.0 Å². The smallest absolute Gasteiger partial charge is 0.250 e. The molecule has 0 bridgehead atoms. The third kappa shape index (κ3) is 2.94. The lowest BCUT2D eigenvalue weighted by Crippen LogP contribution is -2.29. The van der Waals surface area contributed by atoms with E-state index in [2.05, 4.69) is 4.98 Å². The fourth-order valence-corrected chi connectivity index (χ4v) is 2.38. The number of hydrogen-bond acceptors (Lipinski definition) is 4. The van der Waals surface area contributed by atoms with Gasteiger partial charge in [-0.2, -0.15) is 4.73 Å². The van der Waals surface area contributed by atoms with Crippen LogP contribution >= 0.6 is 0 Å². The van der Waals surface area contributed by atoms with Crippen molar-refractivity contribution in [1.29, 1.82) is 0 Å². The van der Waals surface area contributed by atoms with Crippen molar-refractivity contribution in [2.45, 2.75) is 0 Å². The number of benzene rings is 2. The van der Waals surface area contributed by atoms with Crippen molar-refractivity contribution in [2.24, 2.45) is 0 Å². The Morgan fingerprint density at radius 2 is 1.35 bits per heavy atom. The van der Waals surface area contributed by atoms with E-state index in [0.29, 0.717) is 11.4 Å². The lowest BCUT2D eigenvalue weighted by molar-refractivity contribution is -0.593. The van der Waals surface area contributed by atoms with Gasteiger partial charge in [0, 0.05) is 5.56 Å². The highest BCUT2D eigenvalue weighted by molar-refractivity contribution is 5.76. The summed E-state index contributed by atoms with van der Waals surface area (Å²) < 4.78 is 11.2. The zero-order chi connectivity index (χ0) is 16.2. The topological polar surface area (TPSA) is 58.3 Å². The summed E-state index contributed by atoms with van der Waals surface area (Å²) in [6, 6.07) is 14.8. The zero-order valence-electron chi connectivity index (χ0n) is 12.9. The Balaban J connectivity index is 2.11. The van der Waals surface area contributed by atoms with Crippen LogP contribution in [0.1, 0.15) is 0 Å². The third-order valence-corrected chi connectivity index (χ3v) is 3.58. The number of hydrogen-bond donors (Lipinski definition) is 0. The zero-order valence-corrected chi connectivity index (χ0v) is 12.9. The van der Waals surface area contributed by atoms with E-state index >= 15 is 0 Å². The van der Waals surface area contributed by atoms with E-state index < -0.39 is 0 Å². The van der Waals surface area contributed by atoms with Crippen molar-refractivity contribution in [3.05, 3.63) is 66.1 Å². The van der Waals surface area contributed by atoms with E-state index in [-0.39, 0.29) is 0 Å². The minimum absolute atomic E-state index is 0.500. The van der Waals surface area contributed by atoms with Gasteiger partial charge in [-0.15, -0.1) is 0 Å². The van der Waals surface area contributed by atoms with E-state index in [1.165, 1.54) is 12.4 Å². The maximum absolute atomic E-state index is 12.3. The molecule has 0 aliphatic rings. The van der Waals surface area contributed by atoms with Crippen LogP contribution in [0.15, 0.2) is 60.9 Å². The van der Waals surface area contributed by atoms with E-state index in [0.717, 1.165) is 27.4 Å². The van der Waals surface area contributed by atoms with Crippen LogP contribution in [0.25, 0.3) is 22.5 Å².